The predicted molar refractivity (Wildman–Crippen MR) is 65.2 cm³/mol. The second-order valence-corrected chi connectivity index (χ2v) is 6.36. The maximum absolute atomic E-state index is 11.9. The summed E-state index contributed by atoms with van der Waals surface area (Å²) in [5.41, 5.74) is 0.257. The van der Waals surface area contributed by atoms with Gasteiger partial charge in [0.2, 0.25) is 5.91 Å². The summed E-state index contributed by atoms with van der Waals surface area (Å²) in [6.07, 6.45) is 3.23. The van der Waals surface area contributed by atoms with Gasteiger partial charge in [-0.1, -0.05) is 20.8 Å². The lowest BCUT2D eigenvalue weighted by molar-refractivity contribution is -0.128. The van der Waals surface area contributed by atoms with Crippen LogP contribution in [-0.2, 0) is 4.79 Å². The SMILES string of the molecule is CC(C)(C)C1CC(=O)N(C[C@H]2CCCN2)C1. The Hall–Kier alpha value is -0.570. The first-order chi connectivity index (χ1) is 7.47. The zero-order chi connectivity index (χ0) is 11.8. The van der Waals surface area contributed by atoms with E-state index in [0.29, 0.717) is 17.9 Å². The van der Waals surface area contributed by atoms with Crippen LogP contribution in [0.2, 0.25) is 0 Å². The van der Waals surface area contributed by atoms with Gasteiger partial charge in [0, 0.05) is 25.6 Å². The minimum Gasteiger partial charge on any atom is -0.341 e. The zero-order valence-electron chi connectivity index (χ0n) is 10.8. The summed E-state index contributed by atoms with van der Waals surface area (Å²) >= 11 is 0. The van der Waals surface area contributed by atoms with Crippen molar-refractivity contribution in [1.82, 2.24) is 10.2 Å². The summed E-state index contributed by atoms with van der Waals surface area (Å²) in [7, 11) is 0. The van der Waals surface area contributed by atoms with Crippen molar-refractivity contribution in [1.29, 1.82) is 0 Å². The molecule has 3 heteroatoms. The summed E-state index contributed by atoms with van der Waals surface area (Å²) in [6.45, 7) is 9.72. The second kappa shape index (κ2) is 4.36. The molecular weight excluding hydrogens is 200 g/mol. The Kier molecular flexibility index (Phi) is 3.24. The smallest absolute Gasteiger partial charge is 0.222 e. The van der Waals surface area contributed by atoms with Crippen LogP contribution >= 0.6 is 0 Å². The Morgan fingerprint density at radius 3 is 2.69 bits per heavy atom. The fraction of sp³-hybridized carbons (Fsp3) is 0.923. The van der Waals surface area contributed by atoms with E-state index in [9.17, 15) is 4.79 Å². The topological polar surface area (TPSA) is 32.3 Å². The highest BCUT2D eigenvalue weighted by Crippen LogP contribution is 2.34. The van der Waals surface area contributed by atoms with Gasteiger partial charge in [0.1, 0.15) is 0 Å². The largest absolute Gasteiger partial charge is 0.341 e. The molecule has 0 aromatic carbocycles. The summed E-state index contributed by atoms with van der Waals surface area (Å²) in [6, 6.07) is 0.544. The third-order valence-corrected chi connectivity index (χ3v) is 4.04. The molecule has 0 spiro atoms. The molecule has 0 radical (unpaired) electrons. The molecule has 1 amide bonds. The summed E-state index contributed by atoms with van der Waals surface area (Å²) in [5, 5.41) is 3.46. The number of hydrogen-bond acceptors (Lipinski definition) is 2. The molecule has 2 aliphatic rings. The van der Waals surface area contributed by atoms with E-state index in [0.717, 1.165) is 26.1 Å². The standard InChI is InChI=1S/C13H24N2O/c1-13(2,3)10-7-12(16)15(8-10)9-11-5-4-6-14-11/h10-11,14H,4-9H2,1-3H3/t10?,11-/m1/s1. The lowest BCUT2D eigenvalue weighted by atomic mass is 9.80. The first kappa shape index (κ1) is 11.9. The molecule has 0 saturated carbocycles. The van der Waals surface area contributed by atoms with Gasteiger partial charge in [0.25, 0.3) is 0 Å². The van der Waals surface area contributed by atoms with Crippen molar-refractivity contribution in [2.45, 2.75) is 46.1 Å². The molecule has 0 aromatic rings. The van der Waals surface area contributed by atoms with Gasteiger partial charge in [0.15, 0.2) is 0 Å². The molecule has 16 heavy (non-hydrogen) atoms. The highest BCUT2D eigenvalue weighted by molar-refractivity contribution is 5.78. The van der Waals surface area contributed by atoms with Crippen molar-refractivity contribution in [2.75, 3.05) is 19.6 Å². The average molecular weight is 224 g/mol. The first-order valence-corrected chi connectivity index (χ1v) is 6.48. The Morgan fingerprint density at radius 1 is 1.44 bits per heavy atom. The van der Waals surface area contributed by atoms with Gasteiger partial charge in [-0.15, -0.1) is 0 Å². The Labute approximate surface area is 98.6 Å². The monoisotopic (exact) mass is 224 g/mol. The van der Waals surface area contributed by atoms with Gasteiger partial charge in [-0.05, 0) is 30.7 Å². The van der Waals surface area contributed by atoms with Crippen LogP contribution in [0.15, 0.2) is 0 Å². The van der Waals surface area contributed by atoms with Gasteiger partial charge >= 0.3 is 0 Å². The molecule has 2 rings (SSSR count). The maximum atomic E-state index is 11.9. The number of nitrogens with one attached hydrogen (secondary N) is 1. The number of nitrogens with zero attached hydrogens (tertiary/aromatic N) is 1. The van der Waals surface area contributed by atoms with Crippen LogP contribution in [0.3, 0.4) is 0 Å². The maximum Gasteiger partial charge on any atom is 0.222 e. The number of amides is 1. The average Bonchev–Trinajstić information content (AvgIpc) is 2.76. The number of carbonyl (C=O) groups excluding carboxylic acids is 1. The summed E-state index contributed by atoms with van der Waals surface area (Å²) in [5.74, 6) is 0.884. The fourth-order valence-electron chi connectivity index (χ4n) is 2.71. The van der Waals surface area contributed by atoms with Crippen molar-refractivity contribution >= 4 is 5.91 Å². The van der Waals surface area contributed by atoms with Crippen molar-refractivity contribution in [3.05, 3.63) is 0 Å². The molecule has 1 unspecified atom stereocenters. The Balaban J connectivity index is 1.89. The van der Waals surface area contributed by atoms with E-state index in [1.165, 1.54) is 12.8 Å². The number of carbonyl (C=O) groups is 1. The predicted octanol–water partition coefficient (Wildman–Crippen LogP) is 1.63. The second-order valence-electron chi connectivity index (χ2n) is 6.36. The normalized spacial score (nSPS) is 31.4. The van der Waals surface area contributed by atoms with Crippen LogP contribution < -0.4 is 5.32 Å². The van der Waals surface area contributed by atoms with Crippen LogP contribution in [0.4, 0.5) is 0 Å². The minimum absolute atomic E-state index is 0.257. The third-order valence-electron chi connectivity index (χ3n) is 4.04. The molecular formula is C13H24N2O. The van der Waals surface area contributed by atoms with Crippen molar-refractivity contribution in [3.8, 4) is 0 Å². The zero-order valence-corrected chi connectivity index (χ0v) is 10.8. The van der Waals surface area contributed by atoms with E-state index >= 15 is 0 Å². The van der Waals surface area contributed by atoms with E-state index in [1.807, 2.05) is 0 Å². The third kappa shape index (κ3) is 2.57. The van der Waals surface area contributed by atoms with Crippen molar-refractivity contribution < 1.29 is 4.79 Å². The number of likely N-dealkylation sites (tertiary alicyclic amines) is 1. The van der Waals surface area contributed by atoms with Crippen LogP contribution in [0.5, 0.6) is 0 Å². The molecule has 2 atom stereocenters. The lowest BCUT2D eigenvalue weighted by Crippen LogP contribution is -2.38. The minimum atomic E-state index is 0.257. The van der Waals surface area contributed by atoms with E-state index in [-0.39, 0.29) is 5.41 Å². The van der Waals surface area contributed by atoms with E-state index in [1.54, 1.807) is 0 Å². The molecule has 2 aliphatic heterocycles. The summed E-state index contributed by atoms with van der Waals surface area (Å²) < 4.78 is 0. The number of hydrogen-bond donors (Lipinski definition) is 1. The van der Waals surface area contributed by atoms with Gasteiger partial charge in [-0.25, -0.2) is 0 Å². The fourth-order valence-corrected chi connectivity index (χ4v) is 2.71. The first-order valence-electron chi connectivity index (χ1n) is 6.48. The molecule has 0 aromatic heterocycles. The van der Waals surface area contributed by atoms with Crippen molar-refractivity contribution in [3.63, 3.8) is 0 Å². The van der Waals surface area contributed by atoms with Crippen LogP contribution in [0.25, 0.3) is 0 Å². The van der Waals surface area contributed by atoms with Gasteiger partial charge in [0.05, 0.1) is 0 Å². The number of rotatable bonds is 2. The molecule has 1 N–H and O–H groups in total. The van der Waals surface area contributed by atoms with Crippen LogP contribution in [0.1, 0.15) is 40.0 Å². The lowest BCUT2D eigenvalue weighted by Gasteiger charge is -2.27. The van der Waals surface area contributed by atoms with E-state index < -0.39 is 0 Å². The molecule has 2 saturated heterocycles. The molecule has 2 heterocycles. The van der Waals surface area contributed by atoms with Gasteiger partial charge < -0.3 is 10.2 Å². The van der Waals surface area contributed by atoms with Crippen molar-refractivity contribution in [2.24, 2.45) is 11.3 Å². The van der Waals surface area contributed by atoms with Crippen LogP contribution in [0, 0.1) is 11.3 Å². The molecule has 3 nitrogen and oxygen atoms in total. The molecule has 0 bridgehead atoms. The molecule has 0 aliphatic carbocycles. The summed E-state index contributed by atoms with van der Waals surface area (Å²) in [4.78, 5) is 14.0. The van der Waals surface area contributed by atoms with Gasteiger partial charge in [-0.2, -0.15) is 0 Å². The van der Waals surface area contributed by atoms with Gasteiger partial charge in [-0.3, -0.25) is 4.79 Å². The molecule has 2 fully saturated rings. The Morgan fingerprint density at radius 2 is 2.19 bits per heavy atom. The quantitative estimate of drug-likeness (QED) is 0.773. The Bertz CT molecular complexity index is 264. The van der Waals surface area contributed by atoms with E-state index in [4.69, 9.17) is 0 Å². The van der Waals surface area contributed by atoms with E-state index in [2.05, 4.69) is 31.0 Å². The molecule has 92 valence electrons. The highest BCUT2D eigenvalue weighted by Gasteiger charge is 2.37. The highest BCUT2D eigenvalue weighted by atomic mass is 16.2. The van der Waals surface area contributed by atoms with Crippen LogP contribution in [-0.4, -0.2) is 36.5 Å².